The summed E-state index contributed by atoms with van der Waals surface area (Å²) < 4.78 is 7.24. The average Bonchev–Trinajstić information content (AvgIpc) is 2.98. The molecule has 0 radical (unpaired) electrons. The second-order valence-corrected chi connectivity index (χ2v) is 7.53. The Balaban J connectivity index is 1.82. The summed E-state index contributed by atoms with van der Waals surface area (Å²) in [7, 11) is 0. The second kappa shape index (κ2) is 8.57. The summed E-state index contributed by atoms with van der Waals surface area (Å²) in [5.74, 6) is 0.525. The van der Waals surface area contributed by atoms with Gasteiger partial charge in [0.05, 0.1) is 6.61 Å². The molecule has 3 rings (SSSR count). The summed E-state index contributed by atoms with van der Waals surface area (Å²) in [5.41, 5.74) is 3.66. The van der Waals surface area contributed by atoms with Crippen LogP contribution in [0.3, 0.4) is 0 Å². The molecule has 6 heteroatoms. The van der Waals surface area contributed by atoms with E-state index in [9.17, 15) is 9.90 Å². The molecule has 1 aliphatic rings. The Kier molecular flexibility index (Phi) is 6.16. The summed E-state index contributed by atoms with van der Waals surface area (Å²) in [6.45, 7) is 9.67. The highest BCUT2D eigenvalue weighted by Crippen LogP contribution is 2.26. The van der Waals surface area contributed by atoms with Gasteiger partial charge < -0.3 is 9.84 Å². The zero-order valence-electron chi connectivity index (χ0n) is 16.4. The number of esters is 1. The topological polar surface area (TPSA) is 67.6 Å². The fraction of sp³-hybridized carbons (Fsp3) is 0.524. The average molecular weight is 371 g/mol. The molecule has 1 aromatic carbocycles. The Morgan fingerprint density at radius 1 is 1.37 bits per heavy atom. The van der Waals surface area contributed by atoms with Crippen LogP contribution >= 0.6 is 0 Å². The van der Waals surface area contributed by atoms with Crippen molar-refractivity contribution in [2.24, 2.45) is 5.92 Å². The number of aromatic hydroxyl groups is 1. The molecule has 0 spiro atoms. The van der Waals surface area contributed by atoms with E-state index in [1.165, 1.54) is 0 Å². The zero-order chi connectivity index (χ0) is 19.4. The maximum Gasteiger partial charge on any atom is 0.359 e. The number of hydrogen-bond donors (Lipinski definition) is 1. The van der Waals surface area contributed by atoms with Crippen molar-refractivity contribution >= 4 is 5.97 Å². The minimum absolute atomic E-state index is 0.277. The largest absolute Gasteiger partial charge is 0.508 e. The van der Waals surface area contributed by atoms with Gasteiger partial charge in [-0.3, -0.25) is 9.58 Å². The number of rotatable bonds is 7. The van der Waals surface area contributed by atoms with Crippen LogP contribution in [0.25, 0.3) is 0 Å². The number of hydrogen-bond acceptors (Lipinski definition) is 5. The number of aromatic nitrogens is 2. The van der Waals surface area contributed by atoms with Crippen LogP contribution in [0, 0.1) is 5.92 Å². The number of benzene rings is 1. The van der Waals surface area contributed by atoms with Crippen LogP contribution in [0.1, 0.15) is 54.5 Å². The summed E-state index contributed by atoms with van der Waals surface area (Å²) in [4.78, 5) is 14.7. The predicted molar refractivity (Wildman–Crippen MR) is 104 cm³/mol. The highest BCUT2D eigenvalue weighted by Gasteiger charge is 2.28. The van der Waals surface area contributed by atoms with Gasteiger partial charge >= 0.3 is 5.97 Å². The lowest BCUT2D eigenvalue weighted by molar-refractivity contribution is 0.0515. The van der Waals surface area contributed by atoms with Crippen molar-refractivity contribution in [3.05, 3.63) is 46.8 Å². The van der Waals surface area contributed by atoms with Gasteiger partial charge in [-0.25, -0.2) is 4.79 Å². The van der Waals surface area contributed by atoms with Crippen molar-refractivity contribution < 1.29 is 14.6 Å². The molecule has 1 N–H and O–H groups in total. The van der Waals surface area contributed by atoms with E-state index in [4.69, 9.17) is 4.74 Å². The Labute approximate surface area is 160 Å². The first kappa shape index (κ1) is 19.4. The first-order valence-electron chi connectivity index (χ1n) is 9.73. The molecular weight excluding hydrogens is 342 g/mol. The van der Waals surface area contributed by atoms with Crippen molar-refractivity contribution in [1.29, 1.82) is 0 Å². The smallest absolute Gasteiger partial charge is 0.359 e. The molecule has 146 valence electrons. The Bertz CT molecular complexity index is 798. The number of carbonyl (C=O) groups is 1. The van der Waals surface area contributed by atoms with Crippen LogP contribution < -0.4 is 0 Å². The number of phenolic OH excluding ortho intramolecular Hbond substituents is 1. The van der Waals surface area contributed by atoms with E-state index in [0.717, 1.165) is 49.3 Å². The summed E-state index contributed by atoms with van der Waals surface area (Å²) in [5, 5.41) is 14.3. The molecule has 6 nitrogen and oxygen atoms in total. The molecule has 27 heavy (non-hydrogen) atoms. The number of nitrogens with zero attached hydrogens (tertiary/aromatic N) is 3. The molecule has 0 fully saturated rings. The normalized spacial score (nSPS) is 14.4. The maximum absolute atomic E-state index is 12.4. The molecule has 1 aromatic heterocycles. The Hall–Kier alpha value is -2.34. The lowest BCUT2D eigenvalue weighted by Gasteiger charge is -2.27. The van der Waals surface area contributed by atoms with Crippen molar-refractivity contribution in [2.45, 2.75) is 53.2 Å². The first-order chi connectivity index (χ1) is 13.0. The third-order valence-electron chi connectivity index (χ3n) is 4.92. The van der Waals surface area contributed by atoms with Crippen molar-refractivity contribution in [2.75, 3.05) is 13.2 Å². The van der Waals surface area contributed by atoms with Crippen LogP contribution in [0.2, 0.25) is 0 Å². The van der Waals surface area contributed by atoms with Crippen LogP contribution in [-0.2, 0) is 30.8 Å². The van der Waals surface area contributed by atoms with Gasteiger partial charge in [-0.05, 0) is 37.0 Å². The van der Waals surface area contributed by atoms with Gasteiger partial charge in [0.25, 0.3) is 0 Å². The maximum atomic E-state index is 12.4. The van der Waals surface area contributed by atoms with E-state index in [1.54, 1.807) is 12.1 Å². The van der Waals surface area contributed by atoms with Gasteiger partial charge in [-0.15, -0.1) is 0 Å². The molecule has 2 heterocycles. The molecule has 0 aliphatic carbocycles. The standard InChI is InChI=1S/C21H29N3O3/c1-4-27-21(26)20-18-14-23(13-16-6-5-7-17(25)12-16)10-9-19(18)24(22-20)11-8-15(2)3/h5-7,12,15,25H,4,8-11,13-14H2,1-3H3. The van der Waals surface area contributed by atoms with Crippen molar-refractivity contribution in [3.8, 4) is 5.75 Å². The molecule has 0 unspecified atom stereocenters. The van der Waals surface area contributed by atoms with Gasteiger partial charge in [0.2, 0.25) is 0 Å². The summed E-state index contributed by atoms with van der Waals surface area (Å²) in [6, 6.07) is 7.32. The van der Waals surface area contributed by atoms with E-state index in [2.05, 4.69) is 23.8 Å². The minimum atomic E-state index is -0.337. The fourth-order valence-corrected chi connectivity index (χ4v) is 3.52. The van der Waals surface area contributed by atoms with Crippen LogP contribution in [0.15, 0.2) is 24.3 Å². The summed E-state index contributed by atoms with van der Waals surface area (Å²) in [6.07, 6.45) is 1.89. The van der Waals surface area contributed by atoms with Gasteiger partial charge in [-0.1, -0.05) is 26.0 Å². The third-order valence-corrected chi connectivity index (χ3v) is 4.92. The van der Waals surface area contributed by atoms with Crippen molar-refractivity contribution in [3.63, 3.8) is 0 Å². The summed E-state index contributed by atoms with van der Waals surface area (Å²) >= 11 is 0. The van der Waals surface area contributed by atoms with Crippen LogP contribution in [0.5, 0.6) is 5.75 Å². The molecule has 2 aromatic rings. The number of phenols is 1. The lowest BCUT2D eigenvalue weighted by atomic mass is 10.0. The number of aryl methyl sites for hydroxylation is 1. The highest BCUT2D eigenvalue weighted by molar-refractivity contribution is 5.89. The van der Waals surface area contributed by atoms with Crippen LogP contribution in [-0.4, -0.2) is 38.9 Å². The van der Waals surface area contributed by atoms with E-state index < -0.39 is 0 Å². The minimum Gasteiger partial charge on any atom is -0.508 e. The molecule has 0 bridgehead atoms. The molecule has 1 aliphatic heterocycles. The van der Waals surface area contributed by atoms with Gasteiger partial charge in [0.15, 0.2) is 5.69 Å². The number of fused-ring (bicyclic) bond motifs is 1. The van der Waals surface area contributed by atoms with E-state index in [-0.39, 0.29) is 11.7 Å². The van der Waals surface area contributed by atoms with Crippen LogP contribution in [0.4, 0.5) is 0 Å². The quantitative estimate of drug-likeness (QED) is 0.756. The molecule has 0 saturated carbocycles. The Morgan fingerprint density at radius 2 is 2.19 bits per heavy atom. The second-order valence-electron chi connectivity index (χ2n) is 7.53. The van der Waals surface area contributed by atoms with Gasteiger partial charge in [0, 0.05) is 43.9 Å². The SMILES string of the molecule is CCOC(=O)c1nn(CCC(C)C)c2c1CN(Cc1cccc(O)c1)CC2. The Morgan fingerprint density at radius 3 is 2.89 bits per heavy atom. The van der Waals surface area contributed by atoms with E-state index in [1.807, 2.05) is 23.7 Å². The first-order valence-corrected chi connectivity index (χ1v) is 9.73. The number of carbonyl (C=O) groups excluding carboxylic acids is 1. The molecule has 0 saturated heterocycles. The highest BCUT2D eigenvalue weighted by atomic mass is 16.5. The molecular formula is C21H29N3O3. The monoisotopic (exact) mass is 371 g/mol. The third kappa shape index (κ3) is 4.69. The van der Waals surface area contributed by atoms with Gasteiger partial charge in [0.1, 0.15) is 5.75 Å². The number of ether oxygens (including phenoxy) is 1. The molecule has 0 amide bonds. The fourth-order valence-electron chi connectivity index (χ4n) is 3.52. The lowest BCUT2D eigenvalue weighted by Crippen LogP contribution is -2.31. The molecule has 0 atom stereocenters. The zero-order valence-corrected chi connectivity index (χ0v) is 16.4. The van der Waals surface area contributed by atoms with E-state index >= 15 is 0 Å². The van der Waals surface area contributed by atoms with Gasteiger partial charge in [-0.2, -0.15) is 5.10 Å². The van der Waals surface area contributed by atoms with Crippen molar-refractivity contribution in [1.82, 2.24) is 14.7 Å². The van der Waals surface area contributed by atoms with E-state index in [0.29, 0.717) is 24.8 Å². The predicted octanol–water partition coefficient (Wildman–Crippen LogP) is 3.37.